The van der Waals surface area contributed by atoms with Crippen molar-refractivity contribution in [3.8, 4) is 0 Å². The molecule has 2 heterocycles. The van der Waals surface area contributed by atoms with E-state index in [0.29, 0.717) is 6.04 Å². The molecule has 0 radical (unpaired) electrons. The van der Waals surface area contributed by atoms with Gasteiger partial charge in [0.2, 0.25) is 0 Å². The maximum Gasteiger partial charge on any atom is 0.0690 e. The Hall–Kier alpha value is -1.58. The molecule has 0 aliphatic heterocycles. The molecule has 0 fully saturated rings. The zero-order valence-electron chi connectivity index (χ0n) is 11.0. The summed E-state index contributed by atoms with van der Waals surface area (Å²) in [6.45, 7) is 1.02. The molecule has 1 atom stereocenters. The first-order valence-electron chi connectivity index (χ1n) is 6.64. The Morgan fingerprint density at radius 3 is 2.84 bits per heavy atom. The number of para-hydroxylation sites is 1. The van der Waals surface area contributed by atoms with Gasteiger partial charge < -0.3 is 9.88 Å². The molecule has 19 heavy (non-hydrogen) atoms. The van der Waals surface area contributed by atoms with E-state index in [4.69, 9.17) is 0 Å². The molecule has 0 spiro atoms. The second kappa shape index (κ2) is 5.59. The maximum absolute atomic E-state index is 3.26. The molecule has 0 amide bonds. The smallest absolute Gasteiger partial charge is 0.0690 e. The molecule has 3 heteroatoms. The molecule has 1 aromatic carbocycles. The van der Waals surface area contributed by atoms with Gasteiger partial charge in [0.25, 0.3) is 0 Å². The van der Waals surface area contributed by atoms with Crippen molar-refractivity contribution in [3.05, 3.63) is 58.9 Å². The van der Waals surface area contributed by atoms with E-state index in [0.717, 1.165) is 13.0 Å². The van der Waals surface area contributed by atoms with E-state index in [1.54, 1.807) is 0 Å². The minimum Gasteiger partial charge on any atom is -0.339 e. The predicted molar refractivity (Wildman–Crippen MR) is 82.9 cm³/mol. The summed E-state index contributed by atoms with van der Waals surface area (Å²) in [6.07, 6.45) is 3.32. The van der Waals surface area contributed by atoms with Crippen LogP contribution < -0.4 is 5.32 Å². The maximum atomic E-state index is 3.26. The number of fused-ring (bicyclic) bond motifs is 1. The molecule has 2 aromatic heterocycles. The van der Waals surface area contributed by atoms with Gasteiger partial charge in [-0.25, -0.2) is 0 Å². The van der Waals surface area contributed by atoms with E-state index in [9.17, 15) is 0 Å². The molecule has 0 aliphatic carbocycles. The predicted octanol–water partition coefficient (Wildman–Crippen LogP) is 3.90. The number of aromatic nitrogens is 1. The van der Waals surface area contributed by atoms with Crippen LogP contribution in [0.15, 0.2) is 54.0 Å². The summed E-state index contributed by atoms with van der Waals surface area (Å²) in [5, 5.41) is 6.73. The molecule has 0 bridgehead atoms. The van der Waals surface area contributed by atoms with Crippen LogP contribution in [0.25, 0.3) is 10.9 Å². The lowest BCUT2D eigenvalue weighted by molar-refractivity contribution is 0.547. The second-order valence-corrected chi connectivity index (χ2v) is 5.68. The molecule has 98 valence electrons. The van der Waals surface area contributed by atoms with Crippen LogP contribution in [0.5, 0.6) is 0 Å². The van der Waals surface area contributed by atoms with Crippen molar-refractivity contribution < 1.29 is 0 Å². The van der Waals surface area contributed by atoms with E-state index in [1.807, 2.05) is 18.4 Å². The van der Waals surface area contributed by atoms with Crippen molar-refractivity contribution in [2.45, 2.75) is 12.5 Å². The molecule has 3 rings (SSSR count). The number of rotatable bonds is 5. The summed E-state index contributed by atoms with van der Waals surface area (Å²) in [4.78, 5) is 1.43. The topological polar surface area (TPSA) is 17.0 Å². The highest BCUT2D eigenvalue weighted by molar-refractivity contribution is 7.10. The van der Waals surface area contributed by atoms with Gasteiger partial charge in [0.15, 0.2) is 0 Å². The number of benzene rings is 1. The zero-order chi connectivity index (χ0) is 13.1. The first kappa shape index (κ1) is 12.5. The summed E-state index contributed by atoms with van der Waals surface area (Å²) in [5.74, 6) is 0. The van der Waals surface area contributed by atoms with Crippen molar-refractivity contribution in [2.75, 3.05) is 13.6 Å². The number of hydrogen-bond acceptors (Lipinski definition) is 2. The van der Waals surface area contributed by atoms with Crippen LogP contribution in [-0.2, 0) is 0 Å². The van der Waals surface area contributed by atoms with Gasteiger partial charge in [-0.1, -0.05) is 24.3 Å². The fourth-order valence-corrected chi connectivity index (χ4v) is 3.42. The first-order chi connectivity index (χ1) is 9.40. The van der Waals surface area contributed by atoms with Gasteiger partial charge in [-0.05, 0) is 49.0 Å². The van der Waals surface area contributed by atoms with Crippen molar-refractivity contribution in [2.24, 2.45) is 0 Å². The lowest BCUT2D eigenvalue weighted by atomic mass is 10.1. The van der Waals surface area contributed by atoms with Crippen molar-refractivity contribution in [3.63, 3.8) is 0 Å². The zero-order valence-corrected chi connectivity index (χ0v) is 11.9. The number of thiophene rings is 1. The first-order valence-corrected chi connectivity index (χ1v) is 7.51. The highest BCUT2D eigenvalue weighted by Crippen LogP contribution is 2.30. The minimum atomic E-state index is 0.423. The summed E-state index contributed by atoms with van der Waals surface area (Å²) >= 11 is 1.84. The van der Waals surface area contributed by atoms with Crippen molar-refractivity contribution >= 4 is 22.2 Å². The summed E-state index contributed by atoms with van der Waals surface area (Å²) < 4.78 is 2.40. The van der Waals surface area contributed by atoms with Gasteiger partial charge in [-0.15, -0.1) is 11.3 Å². The van der Waals surface area contributed by atoms with Gasteiger partial charge in [-0.3, -0.25) is 0 Å². The largest absolute Gasteiger partial charge is 0.339 e. The minimum absolute atomic E-state index is 0.423. The highest BCUT2D eigenvalue weighted by atomic mass is 32.1. The van der Waals surface area contributed by atoms with Crippen molar-refractivity contribution in [1.82, 2.24) is 9.88 Å². The van der Waals surface area contributed by atoms with Crippen LogP contribution in [0, 0.1) is 0 Å². The summed E-state index contributed by atoms with van der Waals surface area (Å²) in [6, 6.07) is 15.6. The van der Waals surface area contributed by atoms with Crippen LogP contribution in [-0.4, -0.2) is 18.2 Å². The molecular weight excluding hydrogens is 252 g/mol. The lowest BCUT2D eigenvalue weighted by Gasteiger charge is -2.19. The molecule has 3 aromatic rings. The molecule has 1 unspecified atom stereocenters. The molecule has 0 saturated heterocycles. The van der Waals surface area contributed by atoms with Crippen LogP contribution in [0.2, 0.25) is 0 Å². The Labute approximate surface area is 117 Å². The van der Waals surface area contributed by atoms with Crippen LogP contribution in [0.1, 0.15) is 17.3 Å². The van der Waals surface area contributed by atoms with E-state index in [1.165, 1.54) is 15.8 Å². The Balaban J connectivity index is 2.03. The molecular formula is C16H18N2S. The van der Waals surface area contributed by atoms with E-state index < -0.39 is 0 Å². The standard InChI is InChI=1S/C16H18N2S/c1-17-10-8-15(16-7-4-12-19-16)18-11-9-13-5-2-3-6-14(13)18/h2-7,9,11-12,15,17H,8,10H2,1H3. The molecule has 0 aliphatic rings. The Morgan fingerprint density at radius 1 is 1.16 bits per heavy atom. The average Bonchev–Trinajstić information content (AvgIpc) is 3.09. The van der Waals surface area contributed by atoms with Crippen LogP contribution >= 0.6 is 11.3 Å². The van der Waals surface area contributed by atoms with Gasteiger partial charge in [0.05, 0.1) is 6.04 Å². The molecule has 1 N–H and O–H groups in total. The monoisotopic (exact) mass is 270 g/mol. The Bertz CT molecular complexity index is 640. The second-order valence-electron chi connectivity index (χ2n) is 4.71. The van der Waals surface area contributed by atoms with E-state index in [-0.39, 0.29) is 0 Å². The van der Waals surface area contributed by atoms with Gasteiger partial charge >= 0.3 is 0 Å². The SMILES string of the molecule is CNCCC(c1cccs1)n1ccc2ccccc21. The molecule has 0 saturated carbocycles. The molecule has 2 nitrogen and oxygen atoms in total. The quantitative estimate of drug-likeness (QED) is 0.744. The van der Waals surface area contributed by atoms with Crippen molar-refractivity contribution in [1.29, 1.82) is 0 Å². The average molecular weight is 270 g/mol. The number of nitrogens with one attached hydrogen (secondary N) is 1. The Kier molecular flexibility index (Phi) is 3.67. The van der Waals surface area contributed by atoms with Gasteiger partial charge in [0.1, 0.15) is 0 Å². The van der Waals surface area contributed by atoms with Crippen LogP contribution in [0.4, 0.5) is 0 Å². The van der Waals surface area contributed by atoms with Gasteiger partial charge in [-0.2, -0.15) is 0 Å². The van der Waals surface area contributed by atoms with Crippen LogP contribution in [0.3, 0.4) is 0 Å². The third-order valence-corrected chi connectivity index (χ3v) is 4.48. The third kappa shape index (κ3) is 2.44. The van der Waals surface area contributed by atoms with E-state index in [2.05, 4.69) is 63.9 Å². The normalized spacial score (nSPS) is 12.9. The third-order valence-electron chi connectivity index (χ3n) is 3.50. The number of hydrogen-bond donors (Lipinski definition) is 1. The fourth-order valence-electron chi connectivity index (χ4n) is 2.56. The summed E-state index contributed by atoms with van der Waals surface area (Å²) in [7, 11) is 2.01. The number of nitrogens with zero attached hydrogens (tertiary/aromatic N) is 1. The Morgan fingerprint density at radius 2 is 2.05 bits per heavy atom. The van der Waals surface area contributed by atoms with E-state index >= 15 is 0 Å². The highest BCUT2D eigenvalue weighted by Gasteiger charge is 2.15. The van der Waals surface area contributed by atoms with Gasteiger partial charge in [0, 0.05) is 16.6 Å². The fraction of sp³-hybridized carbons (Fsp3) is 0.250. The summed E-state index contributed by atoms with van der Waals surface area (Å²) in [5.41, 5.74) is 1.32. The lowest BCUT2D eigenvalue weighted by Crippen LogP contribution is -2.16.